The van der Waals surface area contributed by atoms with E-state index < -0.39 is 17.4 Å². The summed E-state index contributed by atoms with van der Waals surface area (Å²) in [5, 5.41) is 38.9. The van der Waals surface area contributed by atoms with Crippen molar-refractivity contribution in [2.45, 2.75) is 52.4 Å². The van der Waals surface area contributed by atoms with Gasteiger partial charge in [0.2, 0.25) is 0 Å². The molecular formula is C36H26Cl2F2N4O2. The second-order valence-corrected chi connectivity index (χ2v) is 11.9. The van der Waals surface area contributed by atoms with E-state index in [0.29, 0.717) is 31.2 Å². The van der Waals surface area contributed by atoms with Crippen molar-refractivity contribution < 1.29 is 18.4 Å². The molecule has 2 atom stereocenters. The Morgan fingerprint density at radius 2 is 1.11 bits per heavy atom. The fourth-order valence-electron chi connectivity index (χ4n) is 6.02. The molecule has 6 nitrogen and oxygen atoms in total. The van der Waals surface area contributed by atoms with Crippen molar-refractivity contribution in [3.63, 3.8) is 0 Å². The van der Waals surface area contributed by atoms with E-state index in [9.17, 15) is 39.4 Å². The molecule has 0 heterocycles. The number of hydrogen-bond acceptors (Lipinski definition) is 6. The molecule has 10 heteroatoms. The molecule has 0 radical (unpaired) electrons. The number of rotatable bonds is 9. The molecule has 0 N–H and O–H groups in total. The summed E-state index contributed by atoms with van der Waals surface area (Å²) in [5.74, 6) is -3.58. The van der Waals surface area contributed by atoms with Crippen LogP contribution in [0.25, 0.3) is 11.1 Å². The first-order valence-corrected chi connectivity index (χ1v) is 15.4. The van der Waals surface area contributed by atoms with E-state index in [1.807, 2.05) is 32.1 Å². The van der Waals surface area contributed by atoms with E-state index in [4.69, 9.17) is 23.2 Å². The minimum Gasteiger partial charge on any atom is -0.289 e. The third-order valence-electron chi connectivity index (χ3n) is 8.26. The van der Waals surface area contributed by atoms with Gasteiger partial charge >= 0.3 is 0 Å². The summed E-state index contributed by atoms with van der Waals surface area (Å²) in [6.45, 7) is 3.93. The number of halogens is 4. The first kappa shape index (κ1) is 34.0. The molecule has 2 unspecified atom stereocenters. The molecule has 0 spiro atoms. The van der Waals surface area contributed by atoms with Gasteiger partial charge in [-0.05, 0) is 72.9 Å². The quantitative estimate of drug-likeness (QED) is 0.195. The SMILES string of the molecule is CCCC(/C=C1\C(=O)c2cc(Cl)c(Cl)cc2C1=C(C#N)C#N)CCCC(/C=C1\C(=O)c2cc(F)c(F)cc2C1=C(C#N)C#N)CC. The van der Waals surface area contributed by atoms with Crippen molar-refractivity contribution in [3.05, 3.63) is 103 Å². The normalized spacial score (nSPS) is 16.4. The lowest BCUT2D eigenvalue weighted by Gasteiger charge is -2.16. The molecule has 46 heavy (non-hydrogen) atoms. The van der Waals surface area contributed by atoms with Crippen LogP contribution in [-0.2, 0) is 0 Å². The van der Waals surface area contributed by atoms with Crippen LogP contribution in [0.4, 0.5) is 8.78 Å². The molecular weight excluding hydrogens is 629 g/mol. The number of ketones is 2. The summed E-state index contributed by atoms with van der Waals surface area (Å²) in [6, 6.07) is 11.9. The summed E-state index contributed by atoms with van der Waals surface area (Å²) < 4.78 is 28.2. The maximum absolute atomic E-state index is 14.1. The summed E-state index contributed by atoms with van der Waals surface area (Å²) >= 11 is 12.4. The van der Waals surface area contributed by atoms with E-state index in [-0.39, 0.29) is 77.8 Å². The van der Waals surface area contributed by atoms with Crippen LogP contribution < -0.4 is 0 Å². The number of carbonyl (C=O) groups is 2. The number of allylic oxidation sites excluding steroid dienone is 8. The van der Waals surface area contributed by atoms with E-state index in [2.05, 4.69) is 0 Å². The number of nitrogens with zero attached hydrogens (tertiary/aromatic N) is 4. The highest BCUT2D eigenvalue weighted by Crippen LogP contribution is 2.44. The fraction of sp³-hybridized carbons (Fsp3) is 0.278. The van der Waals surface area contributed by atoms with Crippen molar-refractivity contribution in [1.82, 2.24) is 0 Å². The third-order valence-corrected chi connectivity index (χ3v) is 8.98. The van der Waals surface area contributed by atoms with Crippen molar-refractivity contribution in [3.8, 4) is 24.3 Å². The van der Waals surface area contributed by atoms with Gasteiger partial charge in [0, 0.05) is 33.4 Å². The van der Waals surface area contributed by atoms with Crippen LogP contribution in [0.5, 0.6) is 0 Å². The molecule has 0 bridgehead atoms. The molecule has 2 aromatic rings. The first-order chi connectivity index (χ1) is 22.0. The maximum Gasteiger partial charge on any atom is 0.194 e. The number of nitriles is 4. The minimum absolute atomic E-state index is 0.000526. The zero-order chi connectivity index (χ0) is 33.7. The number of carbonyl (C=O) groups excluding carboxylic acids is 2. The maximum atomic E-state index is 14.1. The van der Waals surface area contributed by atoms with E-state index in [1.54, 1.807) is 18.2 Å². The zero-order valence-corrected chi connectivity index (χ0v) is 26.5. The van der Waals surface area contributed by atoms with Crippen molar-refractivity contribution >= 4 is 45.9 Å². The topological polar surface area (TPSA) is 129 Å². The van der Waals surface area contributed by atoms with Gasteiger partial charge in [-0.15, -0.1) is 0 Å². The van der Waals surface area contributed by atoms with Crippen LogP contribution >= 0.6 is 23.2 Å². The Labute approximate surface area is 275 Å². The average molecular weight is 656 g/mol. The summed E-state index contributed by atoms with van der Waals surface area (Å²) in [5.41, 5.74) is 0.557. The molecule has 4 rings (SSSR count). The standard InChI is InChI=1S/C36H26Cl2F2N4O2/c1-3-6-20(10-28-33(21(15-41)16-42)23-11-29(37)30(38)12-25(23)35(28)45)8-5-7-19(4-2)9-27-34(22(17-43)18-44)24-13-31(39)32(40)14-26(24)36(27)46/h9-14,19-20H,3-8H2,1-2H3/b27-9-,28-10-. The molecule has 2 aromatic carbocycles. The number of benzene rings is 2. The van der Waals surface area contributed by atoms with Gasteiger partial charge in [0.1, 0.15) is 35.4 Å². The number of fused-ring (bicyclic) bond motifs is 2. The predicted molar refractivity (Wildman–Crippen MR) is 170 cm³/mol. The van der Waals surface area contributed by atoms with Gasteiger partial charge in [0.05, 0.1) is 10.0 Å². The number of Topliss-reactive ketones (excluding diaryl/α,β-unsaturated/α-hetero) is 2. The van der Waals surface area contributed by atoms with Gasteiger partial charge in [0.15, 0.2) is 23.2 Å². The third kappa shape index (κ3) is 6.42. The average Bonchev–Trinajstić information content (AvgIpc) is 3.43. The van der Waals surface area contributed by atoms with Crippen LogP contribution in [0.15, 0.2) is 58.7 Å². The largest absolute Gasteiger partial charge is 0.289 e. The van der Waals surface area contributed by atoms with Gasteiger partial charge < -0.3 is 0 Å². The Hall–Kier alpha value is -4.86. The lowest BCUT2D eigenvalue weighted by molar-refractivity contribution is 0.103. The zero-order valence-electron chi connectivity index (χ0n) is 25.0. The Morgan fingerprint density at radius 1 is 0.696 bits per heavy atom. The molecule has 0 amide bonds. The Morgan fingerprint density at radius 3 is 1.59 bits per heavy atom. The molecule has 2 aliphatic carbocycles. The molecule has 0 saturated heterocycles. The first-order valence-electron chi connectivity index (χ1n) is 14.7. The van der Waals surface area contributed by atoms with Gasteiger partial charge in [-0.3, -0.25) is 9.59 Å². The van der Waals surface area contributed by atoms with Gasteiger partial charge in [-0.1, -0.05) is 62.0 Å². The highest BCUT2D eigenvalue weighted by Gasteiger charge is 2.36. The van der Waals surface area contributed by atoms with Crippen molar-refractivity contribution in [1.29, 1.82) is 21.0 Å². The lowest BCUT2D eigenvalue weighted by atomic mass is 9.88. The molecule has 230 valence electrons. The summed E-state index contributed by atoms with van der Waals surface area (Å²) in [7, 11) is 0. The monoisotopic (exact) mass is 654 g/mol. The van der Waals surface area contributed by atoms with Crippen LogP contribution in [-0.4, -0.2) is 11.6 Å². The van der Waals surface area contributed by atoms with Crippen LogP contribution in [0.3, 0.4) is 0 Å². The molecule has 0 saturated carbocycles. The minimum atomic E-state index is -1.20. The smallest absolute Gasteiger partial charge is 0.194 e. The molecule has 0 fully saturated rings. The Bertz CT molecular complexity index is 1930. The van der Waals surface area contributed by atoms with E-state index in [0.717, 1.165) is 25.0 Å². The second-order valence-electron chi connectivity index (χ2n) is 11.0. The number of hydrogen-bond donors (Lipinski definition) is 0. The Kier molecular flexibility index (Phi) is 10.7. The van der Waals surface area contributed by atoms with Crippen LogP contribution in [0.2, 0.25) is 10.0 Å². The van der Waals surface area contributed by atoms with Gasteiger partial charge in [-0.2, -0.15) is 21.0 Å². The second kappa shape index (κ2) is 14.5. The fourth-order valence-corrected chi connectivity index (χ4v) is 6.35. The van der Waals surface area contributed by atoms with Crippen molar-refractivity contribution in [2.24, 2.45) is 11.8 Å². The molecule has 0 aromatic heterocycles. The van der Waals surface area contributed by atoms with E-state index in [1.165, 1.54) is 12.1 Å². The molecule has 0 aliphatic heterocycles. The summed E-state index contributed by atoms with van der Waals surface area (Å²) in [4.78, 5) is 26.8. The van der Waals surface area contributed by atoms with Crippen LogP contribution in [0.1, 0.15) is 84.2 Å². The highest BCUT2D eigenvalue weighted by molar-refractivity contribution is 6.43. The van der Waals surface area contributed by atoms with E-state index >= 15 is 0 Å². The van der Waals surface area contributed by atoms with Gasteiger partial charge in [0.25, 0.3) is 0 Å². The lowest BCUT2D eigenvalue weighted by Crippen LogP contribution is -2.05. The summed E-state index contributed by atoms with van der Waals surface area (Å²) in [6.07, 6.45) is 7.50. The highest BCUT2D eigenvalue weighted by atomic mass is 35.5. The Balaban J connectivity index is 1.64. The predicted octanol–water partition coefficient (Wildman–Crippen LogP) is 9.43. The van der Waals surface area contributed by atoms with Crippen molar-refractivity contribution in [2.75, 3.05) is 0 Å². The molecule has 2 aliphatic rings. The van der Waals surface area contributed by atoms with Gasteiger partial charge in [-0.25, -0.2) is 8.78 Å². The van der Waals surface area contributed by atoms with Crippen LogP contribution in [0, 0.1) is 68.8 Å².